The van der Waals surface area contributed by atoms with E-state index in [4.69, 9.17) is 4.74 Å². The van der Waals surface area contributed by atoms with Gasteiger partial charge in [0.15, 0.2) is 5.75 Å². The summed E-state index contributed by atoms with van der Waals surface area (Å²) in [4.78, 5) is 8.82. The molecule has 0 radical (unpaired) electrons. The quantitative estimate of drug-likeness (QED) is 0.822. The predicted octanol–water partition coefficient (Wildman–Crippen LogP) is 3.69. The minimum absolute atomic E-state index is 0.673. The first-order valence-electron chi connectivity index (χ1n) is 7.39. The molecule has 0 saturated heterocycles. The van der Waals surface area contributed by atoms with Crippen LogP contribution in [-0.2, 0) is 6.54 Å². The van der Waals surface area contributed by atoms with Crippen LogP contribution >= 0.6 is 0 Å². The van der Waals surface area contributed by atoms with Gasteiger partial charge in [0.05, 0.1) is 5.69 Å². The summed E-state index contributed by atoms with van der Waals surface area (Å²) in [6, 6.07) is 5.89. The highest BCUT2D eigenvalue weighted by molar-refractivity contribution is 5.39. The van der Waals surface area contributed by atoms with Gasteiger partial charge in [-0.15, -0.1) is 0 Å². The molecule has 112 valence electrons. The normalized spacial score (nSPS) is 10.7. The topological polar surface area (TPSA) is 47.0 Å². The molecule has 0 aliphatic carbocycles. The maximum atomic E-state index is 6.02. The Hall–Kier alpha value is -1.94. The summed E-state index contributed by atoms with van der Waals surface area (Å²) >= 11 is 0. The number of nitrogens with one attached hydrogen (secondary N) is 1. The fraction of sp³-hybridized carbons (Fsp3) is 0.412. The molecule has 0 fully saturated rings. The molecular formula is C17H23N3O. The van der Waals surface area contributed by atoms with Gasteiger partial charge in [-0.05, 0) is 57.5 Å². The van der Waals surface area contributed by atoms with Gasteiger partial charge in [0.2, 0.25) is 5.88 Å². The molecular weight excluding hydrogens is 262 g/mol. The van der Waals surface area contributed by atoms with Crippen molar-refractivity contribution >= 4 is 0 Å². The predicted molar refractivity (Wildman–Crippen MR) is 84.8 cm³/mol. The smallest absolute Gasteiger partial charge is 0.224 e. The number of ether oxygens (including phenoxy) is 1. The molecule has 2 rings (SSSR count). The van der Waals surface area contributed by atoms with Gasteiger partial charge in [-0.25, -0.2) is 4.98 Å². The Morgan fingerprint density at radius 2 is 2.05 bits per heavy atom. The van der Waals surface area contributed by atoms with Crippen LogP contribution in [0.1, 0.15) is 35.9 Å². The van der Waals surface area contributed by atoms with Crippen LogP contribution in [0.3, 0.4) is 0 Å². The highest BCUT2D eigenvalue weighted by Gasteiger charge is 2.12. The van der Waals surface area contributed by atoms with Gasteiger partial charge in [0.1, 0.15) is 0 Å². The number of aryl methyl sites for hydroxylation is 3. The number of nitrogens with zero attached hydrogens (tertiary/aromatic N) is 2. The van der Waals surface area contributed by atoms with E-state index in [2.05, 4.69) is 35.2 Å². The zero-order valence-corrected chi connectivity index (χ0v) is 13.2. The molecule has 4 nitrogen and oxygen atoms in total. The maximum Gasteiger partial charge on any atom is 0.224 e. The molecule has 0 aromatic carbocycles. The summed E-state index contributed by atoms with van der Waals surface area (Å²) in [5.41, 5.74) is 4.13. The van der Waals surface area contributed by atoms with Crippen LogP contribution in [0.15, 0.2) is 24.4 Å². The van der Waals surface area contributed by atoms with Crippen LogP contribution < -0.4 is 10.1 Å². The fourth-order valence-corrected chi connectivity index (χ4v) is 2.20. The molecule has 0 bridgehead atoms. The van der Waals surface area contributed by atoms with E-state index in [1.165, 1.54) is 5.56 Å². The average Bonchev–Trinajstić information content (AvgIpc) is 2.44. The molecule has 4 heteroatoms. The van der Waals surface area contributed by atoms with E-state index >= 15 is 0 Å². The van der Waals surface area contributed by atoms with Crippen LogP contribution in [0.5, 0.6) is 11.6 Å². The lowest BCUT2D eigenvalue weighted by Crippen LogP contribution is -2.16. The third kappa shape index (κ3) is 4.02. The summed E-state index contributed by atoms with van der Waals surface area (Å²) in [7, 11) is 0. The van der Waals surface area contributed by atoms with E-state index < -0.39 is 0 Å². The molecule has 0 aliphatic rings. The van der Waals surface area contributed by atoms with Gasteiger partial charge in [-0.3, -0.25) is 4.98 Å². The molecule has 0 unspecified atom stereocenters. The zero-order chi connectivity index (χ0) is 15.2. The highest BCUT2D eigenvalue weighted by atomic mass is 16.5. The van der Waals surface area contributed by atoms with E-state index in [-0.39, 0.29) is 0 Å². The number of aromatic nitrogens is 2. The van der Waals surface area contributed by atoms with Crippen LogP contribution in [0, 0.1) is 20.8 Å². The molecule has 21 heavy (non-hydrogen) atoms. The van der Waals surface area contributed by atoms with Crippen molar-refractivity contribution < 1.29 is 4.74 Å². The minimum atomic E-state index is 0.673. The van der Waals surface area contributed by atoms with Gasteiger partial charge in [0, 0.05) is 24.0 Å². The van der Waals surface area contributed by atoms with E-state index in [0.29, 0.717) is 5.88 Å². The lowest BCUT2D eigenvalue weighted by atomic mass is 10.1. The van der Waals surface area contributed by atoms with Crippen LogP contribution in [0.2, 0.25) is 0 Å². The second-order valence-electron chi connectivity index (χ2n) is 5.23. The molecule has 0 atom stereocenters. The van der Waals surface area contributed by atoms with E-state index in [1.54, 1.807) is 6.20 Å². The Bertz CT molecular complexity index is 611. The first-order chi connectivity index (χ1) is 10.1. The van der Waals surface area contributed by atoms with Crippen molar-refractivity contribution in [2.45, 2.75) is 40.7 Å². The van der Waals surface area contributed by atoms with Gasteiger partial charge < -0.3 is 10.1 Å². The molecule has 0 saturated carbocycles. The standard InChI is InChI=1S/C17H23N3O/c1-5-8-18-11-15-12(2)10-13(3)20-17(15)21-16-7-6-9-19-14(16)4/h6-7,9-10,18H,5,8,11H2,1-4H3. The zero-order valence-electron chi connectivity index (χ0n) is 13.2. The summed E-state index contributed by atoms with van der Waals surface area (Å²) in [5.74, 6) is 1.43. The van der Waals surface area contributed by atoms with Crippen molar-refractivity contribution in [2.75, 3.05) is 6.54 Å². The van der Waals surface area contributed by atoms with Crippen molar-refractivity contribution in [2.24, 2.45) is 0 Å². The van der Waals surface area contributed by atoms with Gasteiger partial charge in [-0.2, -0.15) is 0 Å². The largest absolute Gasteiger partial charge is 0.437 e. The second kappa shape index (κ2) is 7.18. The number of rotatable bonds is 6. The Morgan fingerprint density at radius 1 is 1.24 bits per heavy atom. The summed E-state index contributed by atoms with van der Waals surface area (Å²) < 4.78 is 6.02. The summed E-state index contributed by atoms with van der Waals surface area (Å²) in [6.07, 6.45) is 2.87. The van der Waals surface area contributed by atoms with Crippen molar-refractivity contribution in [1.82, 2.24) is 15.3 Å². The molecule has 1 N–H and O–H groups in total. The monoisotopic (exact) mass is 285 g/mol. The van der Waals surface area contributed by atoms with Crippen molar-refractivity contribution in [1.29, 1.82) is 0 Å². The van der Waals surface area contributed by atoms with Crippen molar-refractivity contribution in [3.05, 3.63) is 46.9 Å². The Labute approximate surface area is 126 Å². The Morgan fingerprint density at radius 3 is 2.76 bits per heavy atom. The highest BCUT2D eigenvalue weighted by Crippen LogP contribution is 2.27. The van der Waals surface area contributed by atoms with Crippen molar-refractivity contribution in [3.63, 3.8) is 0 Å². The van der Waals surface area contributed by atoms with Crippen LogP contribution in [0.4, 0.5) is 0 Å². The fourth-order valence-electron chi connectivity index (χ4n) is 2.20. The lowest BCUT2D eigenvalue weighted by molar-refractivity contribution is 0.445. The number of hydrogen-bond acceptors (Lipinski definition) is 4. The Kier molecular flexibility index (Phi) is 5.28. The third-order valence-electron chi connectivity index (χ3n) is 3.33. The maximum absolute atomic E-state index is 6.02. The van der Waals surface area contributed by atoms with Gasteiger partial charge in [0.25, 0.3) is 0 Å². The van der Waals surface area contributed by atoms with Gasteiger partial charge in [-0.1, -0.05) is 6.92 Å². The number of pyridine rings is 2. The Balaban J connectivity index is 2.30. The average molecular weight is 285 g/mol. The lowest BCUT2D eigenvalue weighted by Gasteiger charge is -2.15. The van der Waals surface area contributed by atoms with Crippen LogP contribution in [0.25, 0.3) is 0 Å². The van der Waals surface area contributed by atoms with E-state index in [0.717, 1.165) is 42.2 Å². The number of hydrogen-bond donors (Lipinski definition) is 1. The molecule has 0 amide bonds. The molecule has 0 spiro atoms. The van der Waals surface area contributed by atoms with E-state index in [9.17, 15) is 0 Å². The second-order valence-corrected chi connectivity index (χ2v) is 5.23. The molecule has 2 aromatic heterocycles. The SMILES string of the molecule is CCCNCc1c(C)cc(C)nc1Oc1cccnc1C. The van der Waals surface area contributed by atoms with Crippen LogP contribution in [-0.4, -0.2) is 16.5 Å². The molecule has 0 aliphatic heterocycles. The minimum Gasteiger partial charge on any atom is -0.437 e. The molecule has 2 aromatic rings. The van der Waals surface area contributed by atoms with E-state index in [1.807, 2.05) is 26.0 Å². The first-order valence-corrected chi connectivity index (χ1v) is 7.39. The van der Waals surface area contributed by atoms with Gasteiger partial charge >= 0.3 is 0 Å². The first kappa shape index (κ1) is 15.4. The van der Waals surface area contributed by atoms with Crippen molar-refractivity contribution in [3.8, 4) is 11.6 Å². The third-order valence-corrected chi connectivity index (χ3v) is 3.33. The summed E-state index contributed by atoms with van der Waals surface area (Å²) in [5, 5.41) is 3.42. The molecule has 2 heterocycles. The summed E-state index contributed by atoms with van der Waals surface area (Å²) in [6.45, 7) is 9.93.